The van der Waals surface area contributed by atoms with Crippen LogP contribution in [0.15, 0.2) is 29.2 Å². The molecule has 0 aromatic heterocycles. The standard InChI is InChI=1S/C14H22N2O4S/c1-5-15-21(18,19)13-9-7-6-8-12(13)16(3)10-11(2)14(17)20-4/h6-9,11,15H,5,10H2,1-4H3. The summed E-state index contributed by atoms with van der Waals surface area (Å²) in [6.45, 7) is 4.15. The fraction of sp³-hybridized carbons (Fsp3) is 0.500. The number of carbonyl (C=O) groups is 1. The molecule has 1 rings (SSSR count). The second-order valence-electron chi connectivity index (χ2n) is 4.77. The van der Waals surface area contributed by atoms with E-state index < -0.39 is 10.0 Å². The van der Waals surface area contributed by atoms with E-state index in [1.54, 1.807) is 50.1 Å². The van der Waals surface area contributed by atoms with E-state index in [2.05, 4.69) is 9.46 Å². The van der Waals surface area contributed by atoms with Crippen molar-refractivity contribution in [1.82, 2.24) is 4.72 Å². The zero-order valence-corrected chi connectivity index (χ0v) is 13.6. The Labute approximate surface area is 126 Å². The molecule has 0 saturated heterocycles. The number of ether oxygens (including phenoxy) is 1. The summed E-state index contributed by atoms with van der Waals surface area (Å²) in [5, 5.41) is 0. The zero-order chi connectivity index (χ0) is 16.0. The first-order chi connectivity index (χ1) is 9.83. The number of anilines is 1. The summed E-state index contributed by atoms with van der Waals surface area (Å²) in [6, 6.07) is 6.70. The second-order valence-corrected chi connectivity index (χ2v) is 6.51. The van der Waals surface area contributed by atoms with Gasteiger partial charge in [-0.2, -0.15) is 0 Å². The maximum Gasteiger partial charge on any atom is 0.310 e. The van der Waals surface area contributed by atoms with E-state index in [1.165, 1.54) is 7.11 Å². The molecular weight excluding hydrogens is 292 g/mol. The highest BCUT2D eigenvalue weighted by Crippen LogP contribution is 2.24. The highest BCUT2D eigenvalue weighted by molar-refractivity contribution is 7.89. The van der Waals surface area contributed by atoms with Gasteiger partial charge in [0.1, 0.15) is 4.90 Å². The molecule has 0 saturated carbocycles. The van der Waals surface area contributed by atoms with Crippen molar-refractivity contribution < 1.29 is 17.9 Å². The summed E-state index contributed by atoms with van der Waals surface area (Å²) in [5.41, 5.74) is 0.550. The molecule has 6 nitrogen and oxygen atoms in total. The van der Waals surface area contributed by atoms with E-state index in [-0.39, 0.29) is 16.8 Å². The highest BCUT2D eigenvalue weighted by atomic mass is 32.2. The third-order valence-electron chi connectivity index (χ3n) is 3.05. The Bertz CT molecular complexity index is 586. The molecule has 1 aromatic carbocycles. The number of hydrogen-bond donors (Lipinski definition) is 1. The minimum Gasteiger partial charge on any atom is -0.469 e. The van der Waals surface area contributed by atoms with Gasteiger partial charge in [0.05, 0.1) is 18.7 Å². The Morgan fingerprint density at radius 1 is 1.38 bits per heavy atom. The summed E-state index contributed by atoms with van der Waals surface area (Å²) >= 11 is 0. The van der Waals surface area contributed by atoms with Crippen molar-refractivity contribution in [3.05, 3.63) is 24.3 Å². The van der Waals surface area contributed by atoms with E-state index in [4.69, 9.17) is 0 Å². The number of sulfonamides is 1. The van der Waals surface area contributed by atoms with Crippen LogP contribution in [-0.2, 0) is 19.6 Å². The summed E-state index contributed by atoms with van der Waals surface area (Å²) in [7, 11) is -0.470. The predicted molar refractivity (Wildman–Crippen MR) is 81.8 cm³/mol. The molecule has 0 aliphatic rings. The normalized spacial score (nSPS) is 12.8. The van der Waals surface area contributed by atoms with E-state index in [9.17, 15) is 13.2 Å². The first-order valence-corrected chi connectivity index (χ1v) is 8.19. The molecule has 0 radical (unpaired) electrons. The number of nitrogens with one attached hydrogen (secondary N) is 1. The molecule has 21 heavy (non-hydrogen) atoms. The molecule has 0 heterocycles. The van der Waals surface area contributed by atoms with Gasteiger partial charge >= 0.3 is 5.97 Å². The molecule has 0 aliphatic carbocycles. The van der Waals surface area contributed by atoms with E-state index >= 15 is 0 Å². The SMILES string of the molecule is CCNS(=O)(=O)c1ccccc1N(C)CC(C)C(=O)OC. The third kappa shape index (κ3) is 4.44. The lowest BCUT2D eigenvalue weighted by Gasteiger charge is -2.24. The number of nitrogens with zero attached hydrogens (tertiary/aromatic N) is 1. The summed E-state index contributed by atoms with van der Waals surface area (Å²) in [5.74, 6) is -0.677. The number of benzene rings is 1. The van der Waals surface area contributed by atoms with Gasteiger partial charge in [-0.1, -0.05) is 26.0 Å². The van der Waals surface area contributed by atoms with Crippen LogP contribution in [0.3, 0.4) is 0 Å². The maximum absolute atomic E-state index is 12.2. The van der Waals surface area contributed by atoms with Crippen molar-refractivity contribution in [2.24, 2.45) is 5.92 Å². The van der Waals surface area contributed by atoms with Gasteiger partial charge in [-0.05, 0) is 12.1 Å². The Morgan fingerprint density at radius 3 is 2.57 bits per heavy atom. The minimum absolute atomic E-state index is 0.200. The number of rotatable bonds is 7. The van der Waals surface area contributed by atoms with Crippen molar-refractivity contribution in [1.29, 1.82) is 0 Å². The number of carbonyl (C=O) groups excluding carboxylic acids is 1. The predicted octanol–water partition coefficient (Wildman–Crippen LogP) is 1.23. The van der Waals surface area contributed by atoms with Gasteiger partial charge < -0.3 is 9.64 Å². The minimum atomic E-state index is -3.56. The van der Waals surface area contributed by atoms with E-state index in [1.807, 2.05) is 0 Å². The van der Waals surface area contributed by atoms with Gasteiger partial charge in [-0.3, -0.25) is 4.79 Å². The molecule has 0 amide bonds. The van der Waals surface area contributed by atoms with Crippen LogP contribution in [0.1, 0.15) is 13.8 Å². The summed E-state index contributed by atoms with van der Waals surface area (Å²) in [4.78, 5) is 13.4. The Kier molecular flexibility index (Phi) is 6.17. The Morgan fingerprint density at radius 2 is 2.00 bits per heavy atom. The average molecular weight is 314 g/mol. The van der Waals surface area contributed by atoms with Gasteiger partial charge in [-0.15, -0.1) is 0 Å². The lowest BCUT2D eigenvalue weighted by molar-refractivity contribution is -0.144. The average Bonchev–Trinajstić information content (AvgIpc) is 2.46. The lowest BCUT2D eigenvalue weighted by Crippen LogP contribution is -2.31. The molecule has 1 unspecified atom stereocenters. The monoisotopic (exact) mass is 314 g/mol. The van der Waals surface area contributed by atoms with Crippen LogP contribution in [0.5, 0.6) is 0 Å². The van der Waals surface area contributed by atoms with Gasteiger partial charge in [0, 0.05) is 20.1 Å². The quantitative estimate of drug-likeness (QED) is 0.766. The lowest BCUT2D eigenvalue weighted by atomic mass is 10.1. The van der Waals surface area contributed by atoms with Crippen LogP contribution in [0, 0.1) is 5.92 Å². The van der Waals surface area contributed by atoms with Gasteiger partial charge in [-0.25, -0.2) is 13.1 Å². The highest BCUT2D eigenvalue weighted by Gasteiger charge is 2.22. The molecule has 7 heteroatoms. The fourth-order valence-electron chi connectivity index (χ4n) is 2.05. The Hall–Kier alpha value is -1.60. The van der Waals surface area contributed by atoms with Crippen LogP contribution >= 0.6 is 0 Å². The maximum atomic E-state index is 12.2. The second kappa shape index (κ2) is 7.42. The van der Waals surface area contributed by atoms with Crippen molar-refractivity contribution in [2.45, 2.75) is 18.7 Å². The molecule has 0 fully saturated rings. The molecule has 0 aliphatic heterocycles. The first kappa shape index (κ1) is 17.5. The molecule has 118 valence electrons. The molecule has 1 aromatic rings. The summed E-state index contributed by atoms with van der Waals surface area (Å²) < 4.78 is 31.6. The Balaban J connectivity index is 3.06. The first-order valence-electron chi connectivity index (χ1n) is 6.71. The van der Waals surface area contributed by atoms with Crippen molar-refractivity contribution >= 4 is 21.7 Å². The third-order valence-corrected chi connectivity index (χ3v) is 4.64. The smallest absolute Gasteiger partial charge is 0.310 e. The fourth-order valence-corrected chi connectivity index (χ4v) is 3.34. The van der Waals surface area contributed by atoms with Crippen LogP contribution in [-0.4, -0.2) is 41.6 Å². The molecule has 1 N–H and O–H groups in total. The van der Waals surface area contributed by atoms with Gasteiger partial charge in [0.15, 0.2) is 0 Å². The topological polar surface area (TPSA) is 75.7 Å². The van der Waals surface area contributed by atoms with E-state index in [0.29, 0.717) is 18.8 Å². The van der Waals surface area contributed by atoms with Crippen molar-refractivity contribution in [3.63, 3.8) is 0 Å². The molecule has 1 atom stereocenters. The zero-order valence-electron chi connectivity index (χ0n) is 12.8. The molecule has 0 spiro atoms. The van der Waals surface area contributed by atoms with Crippen LogP contribution in [0.25, 0.3) is 0 Å². The van der Waals surface area contributed by atoms with Gasteiger partial charge in [0.2, 0.25) is 10.0 Å². The molecular formula is C14H22N2O4S. The number of methoxy groups -OCH3 is 1. The van der Waals surface area contributed by atoms with Crippen LogP contribution in [0.2, 0.25) is 0 Å². The van der Waals surface area contributed by atoms with Crippen LogP contribution in [0.4, 0.5) is 5.69 Å². The van der Waals surface area contributed by atoms with Crippen LogP contribution < -0.4 is 9.62 Å². The number of hydrogen-bond acceptors (Lipinski definition) is 5. The van der Waals surface area contributed by atoms with E-state index in [0.717, 1.165) is 0 Å². The number of para-hydroxylation sites is 1. The largest absolute Gasteiger partial charge is 0.469 e. The number of esters is 1. The summed E-state index contributed by atoms with van der Waals surface area (Å²) in [6.07, 6.45) is 0. The van der Waals surface area contributed by atoms with Gasteiger partial charge in [0.25, 0.3) is 0 Å². The molecule has 0 bridgehead atoms. The van der Waals surface area contributed by atoms with Crippen molar-refractivity contribution in [3.8, 4) is 0 Å². The van der Waals surface area contributed by atoms with Crippen molar-refractivity contribution in [2.75, 3.05) is 32.1 Å².